The molecule has 2 aromatic rings. The van der Waals surface area contributed by atoms with E-state index in [-0.39, 0.29) is 0 Å². The largest absolute Gasteiger partial charge is 0.324 e. The molecule has 0 aliphatic heterocycles. The van der Waals surface area contributed by atoms with Crippen molar-refractivity contribution < 1.29 is 0 Å². The van der Waals surface area contributed by atoms with E-state index >= 15 is 0 Å². The molecule has 5 heteroatoms. The minimum Gasteiger partial charge on any atom is -0.324 e. The lowest BCUT2D eigenvalue weighted by Crippen LogP contribution is -1.98. The fourth-order valence-electron chi connectivity index (χ4n) is 1.43. The number of H-pyrrole nitrogens is 1. The molecule has 0 atom stereocenters. The first-order valence-corrected chi connectivity index (χ1v) is 4.89. The lowest BCUT2D eigenvalue weighted by atomic mass is 10.1. The van der Waals surface area contributed by atoms with E-state index < -0.39 is 0 Å². The first-order valence-electron chi connectivity index (χ1n) is 4.89. The van der Waals surface area contributed by atoms with E-state index in [1.54, 1.807) is 6.20 Å². The van der Waals surface area contributed by atoms with Crippen molar-refractivity contribution in [3.05, 3.63) is 29.8 Å². The minimum atomic E-state index is 0.375. The average molecular weight is 203 g/mol. The molecule has 0 unspecified atom stereocenters. The van der Waals surface area contributed by atoms with Crippen molar-refractivity contribution in [3.63, 3.8) is 0 Å². The van der Waals surface area contributed by atoms with E-state index in [4.69, 9.17) is 5.73 Å². The number of hydrogen-bond donors (Lipinski definition) is 2. The molecule has 2 heterocycles. The van der Waals surface area contributed by atoms with Crippen LogP contribution in [0.3, 0.4) is 0 Å². The van der Waals surface area contributed by atoms with Gasteiger partial charge in [-0.1, -0.05) is 6.92 Å². The van der Waals surface area contributed by atoms with Crippen LogP contribution in [0.15, 0.2) is 18.5 Å². The van der Waals surface area contributed by atoms with Gasteiger partial charge in [-0.25, -0.2) is 4.98 Å². The van der Waals surface area contributed by atoms with E-state index in [1.807, 2.05) is 12.3 Å². The second-order valence-electron chi connectivity index (χ2n) is 3.20. The van der Waals surface area contributed by atoms with Crippen LogP contribution < -0.4 is 5.73 Å². The van der Waals surface area contributed by atoms with Gasteiger partial charge in [0, 0.05) is 18.0 Å². The van der Waals surface area contributed by atoms with E-state index in [1.165, 1.54) is 0 Å². The normalized spacial score (nSPS) is 10.5. The zero-order chi connectivity index (χ0) is 10.7. The quantitative estimate of drug-likeness (QED) is 0.776. The molecular weight excluding hydrogens is 190 g/mol. The van der Waals surface area contributed by atoms with Gasteiger partial charge >= 0.3 is 0 Å². The van der Waals surface area contributed by atoms with Crippen LogP contribution in [0.1, 0.15) is 18.3 Å². The molecule has 3 N–H and O–H groups in total. The second-order valence-corrected chi connectivity index (χ2v) is 3.20. The Labute approximate surface area is 87.8 Å². The summed E-state index contributed by atoms with van der Waals surface area (Å²) in [5.41, 5.74) is 7.62. The smallest absolute Gasteiger partial charge is 0.181 e. The van der Waals surface area contributed by atoms with Crippen LogP contribution in [0.2, 0.25) is 0 Å². The van der Waals surface area contributed by atoms with Crippen LogP contribution in [0, 0.1) is 0 Å². The topological polar surface area (TPSA) is 80.5 Å². The van der Waals surface area contributed by atoms with E-state index in [0.717, 1.165) is 17.5 Å². The van der Waals surface area contributed by atoms with Gasteiger partial charge in [0.1, 0.15) is 5.82 Å². The van der Waals surface area contributed by atoms with Crippen LogP contribution in [0.5, 0.6) is 0 Å². The zero-order valence-electron chi connectivity index (χ0n) is 8.57. The third-order valence-corrected chi connectivity index (χ3v) is 2.25. The molecule has 0 fully saturated rings. The van der Waals surface area contributed by atoms with Crippen LogP contribution >= 0.6 is 0 Å². The number of nitrogens with zero attached hydrogens (tertiary/aromatic N) is 3. The molecule has 0 bridgehead atoms. The number of hydrogen-bond acceptors (Lipinski definition) is 4. The number of nitrogens with one attached hydrogen (secondary N) is 1. The van der Waals surface area contributed by atoms with Crippen LogP contribution in [0.4, 0.5) is 0 Å². The number of rotatable bonds is 3. The Morgan fingerprint density at radius 2 is 2.33 bits per heavy atom. The molecule has 0 amide bonds. The molecule has 5 nitrogen and oxygen atoms in total. The monoisotopic (exact) mass is 203 g/mol. The number of aromatic nitrogens is 4. The Balaban J connectivity index is 2.44. The maximum Gasteiger partial charge on any atom is 0.181 e. The summed E-state index contributed by atoms with van der Waals surface area (Å²) in [7, 11) is 0. The van der Waals surface area contributed by atoms with Crippen LogP contribution in [-0.2, 0) is 13.0 Å². The van der Waals surface area contributed by atoms with Crippen molar-refractivity contribution in [2.24, 2.45) is 5.73 Å². The molecule has 78 valence electrons. The molecule has 0 saturated heterocycles. The molecule has 0 radical (unpaired) electrons. The van der Waals surface area contributed by atoms with E-state index in [0.29, 0.717) is 18.2 Å². The number of nitrogens with two attached hydrogens (primary N) is 1. The third kappa shape index (κ3) is 1.87. The van der Waals surface area contributed by atoms with Crippen molar-refractivity contribution in [1.29, 1.82) is 0 Å². The Morgan fingerprint density at radius 1 is 1.47 bits per heavy atom. The second kappa shape index (κ2) is 4.18. The van der Waals surface area contributed by atoms with E-state index in [9.17, 15) is 0 Å². The summed E-state index contributed by atoms with van der Waals surface area (Å²) in [6, 6.07) is 1.92. The van der Waals surface area contributed by atoms with Gasteiger partial charge in [0.25, 0.3) is 0 Å². The Bertz CT molecular complexity index is 449. The highest BCUT2D eigenvalue weighted by molar-refractivity contribution is 5.58. The van der Waals surface area contributed by atoms with Gasteiger partial charge in [-0.15, -0.1) is 0 Å². The van der Waals surface area contributed by atoms with Gasteiger partial charge in [-0.3, -0.25) is 10.1 Å². The first kappa shape index (κ1) is 9.79. The highest BCUT2D eigenvalue weighted by atomic mass is 15.2. The summed E-state index contributed by atoms with van der Waals surface area (Å²) in [4.78, 5) is 8.37. The number of aromatic amines is 1. The number of aryl methyl sites for hydroxylation is 1. The summed E-state index contributed by atoms with van der Waals surface area (Å²) in [5.74, 6) is 1.39. The molecule has 15 heavy (non-hydrogen) atoms. The minimum absolute atomic E-state index is 0.375. The fraction of sp³-hybridized carbons (Fsp3) is 0.300. The maximum atomic E-state index is 5.47. The lowest BCUT2D eigenvalue weighted by Gasteiger charge is -2.01. The van der Waals surface area contributed by atoms with Crippen molar-refractivity contribution >= 4 is 0 Å². The average Bonchev–Trinajstić information content (AvgIpc) is 2.77. The predicted octanol–water partition coefficient (Wildman–Crippen LogP) is 0.888. The summed E-state index contributed by atoms with van der Waals surface area (Å²) >= 11 is 0. The molecule has 0 aliphatic carbocycles. The van der Waals surface area contributed by atoms with Crippen molar-refractivity contribution in [1.82, 2.24) is 20.2 Å². The highest BCUT2D eigenvalue weighted by Crippen LogP contribution is 2.19. The Hall–Kier alpha value is -1.75. The summed E-state index contributed by atoms with van der Waals surface area (Å²) < 4.78 is 0. The van der Waals surface area contributed by atoms with Crippen LogP contribution in [0.25, 0.3) is 11.4 Å². The summed E-state index contributed by atoms with van der Waals surface area (Å²) in [6.07, 6.45) is 4.50. The maximum absolute atomic E-state index is 5.47. The molecule has 0 saturated carbocycles. The first-order chi connectivity index (χ1) is 7.35. The van der Waals surface area contributed by atoms with Crippen molar-refractivity contribution in [2.45, 2.75) is 19.9 Å². The van der Waals surface area contributed by atoms with Gasteiger partial charge in [0.05, 0.1) is 6.54 Å². The Kier molecular flexibility index (Phi) is 2.73. The summed E-state index contributed by atoms with van der Waals surface area (Å²) in [6.45, 7) is 2.45. The molecule has 0 aliphatic rings. The predicted molar refractivity (Wildman–Crippen MR) is 56.9 cm³/mol. The third-order valence-electron chi connectivity index (χ3n) is 2.25. The van der Waals surface area contributed by atoms with E-state index in [2.05, 4.69) is 27.1 Å². The molecule has 0 aromatic carbocycles. The summed E-state index contributed by atoms with van der Waals surface area (Å²) in [5, 5.41) is 6.92. The van der Waals surface area contributed by atoms with Crippen LogP contribution in [-0.4, -0.2) is 20.2 Å². The van der Waals surface area contributed by atoms with Gasteiger partial charge in [-0.05, 0) is 18.1 Å². The van der Waals surface area contributed by atoms with Crippen molar-refractivity contribution in [2.75, 3.05) is 0 Å². The van der Waals surface area contributed by atoms with Gasteiger partial charge in [-0.2, -0.15) is 5.10 Å². The van der Waals surface area contributed by atoms with Crippen molar-refractivity contribution in [3.8, 4) is 11.4 Å². The molecule has 2 rings (SSSR count). The molecule has 2 aromatic heterocycles. The SMILES string of the molecule is CCc1cnccc1-c1n[nH]c(CN)n1. The molecule has 0 spiro atoms. The Morgan fingerprint density at radius 3 is 3.00 bits per heavy atom. The number of pyridine rings is 1. The lowest BCUT2D eigenvalue weighted by molar-refractivity contribution is 0.917. The zero-order valence-corrected chi connectivity index (χ0v) is 8.57. The molecular formula is C10H13N5. The van der Waals surface area contributed by atoms with Gasteiger partial charge in [0.15, 0.2) is 5.82 Å². The highest BCUT2D eigenvalue weighted by Gasteiger charge is 2.08. The van der Waals surface area contributed by atoms with Gasteiger partial charge < -0.3 is 5.73 Å². The fourth-order valence-corrected chi connectivity index (χ4v) is 1.43. The standard InChI is InChI=1S/C10H13N5/c1-2-7-6-12-4-3-8(7)10-13-9(5-11)14-15-10/h3-4,6H,2,5,11H2,1H3,(H,13,14,15). The van der Waals surface area contributed by atoms with Gasteiger partial charge in [0.2, 0.25) is 0 Å².